The average molecular weight is 600 g/mol. The number of carbonyl (C=O) groups excluding carboxylic acids is 2. The van der Waals surface area contributed by atoms with E-state index < -0.39 is 42.3 Å². The number of phenols is 2. The molecule has 1 fully saturated rings. The summed E-state index contributed by atoms with van der Waals surface area (Å²) in [5, 5.41) is 36.2. The zero-order valence-corrected chi connectivity index (χ0v) is 25.7. The number of amides is 2. The van der Waals surface area contributed by atoms with Crippen LogP contribution in [0, 0.1) is 17.8 Å². The molecular formula is C32H45N3O8. The van der Waals surface area contributed by atoms with E-state index in [-0.39, 0.29) is 35.2 Å². The van der Waals surface area contributed by atoms with E-state index in [0.717, 1.165) is 12.8 Å². The lowest BCUT2D eigenvalue weighted by atomic mass is 9.87. The number of phenolic OH excluding ortho intramolecular Hbond substituents is 2. The number of aliphatic hydroxyl groups excluding tert-OH is 1. The number of allylic oxidation sites excluding steroid dienone is 2. The highest BCUT2D eigenvalue weighted by atomic mass is 16.6. The number of ether oxygens (including phenoxy) is 3. The smallest absolute Gasteiger partial charge is 0.405 e. The van der Waals surface area contributed by atoms with Crippen molar-refractivity contribution < 1.29 is 39.1 Å². The van der Waals surface area contributed by atoms with Gasteiger partial charge < -0.3 is 40.6 Å². The molecule has 0 spiro atoms. The van der Waals surface area contributed by atoms with Crippen molar-refractivity contribution in [2.24, 2.45) is 28.5 Å². The third-order valence-corrected chi connectivity index (χ3v) is 7.84. The first-order chi connectivity index (χ1) is 20.4. The second kappa shape index (κ2) is 15.2. The summed E-state index contributed by atoms with van der Waals surface area (Å²) in [6.45, 7) is 7.12. The van der Waals surface area contributed by atoms with Gasteiger partial charge in [0.1, 0.15) is 23.3 Å². The van der Waals surface area contributed by atoms with Gasteiger partial charge in [0.05, 0.1) is 17.9 Å². The highest BCUT2D eigenvalue weighted by Gasteiger charge is 2.30. The van der Waals surface area contributed by atoms with E-state index >= 15 is 0 Å². The molecule has 1 aromatic carbocycles. The number of aromatic hydroxyl groups is 2. The lowest BCUT2D eigenvalue weighted by molar-refractivity contribution is -0.112. The summed E-state index contributed by atoms with van der Waals surface area (Å²) in [6, 6.07) is 1.29. The molecule has 0 radical (unpaired) electrons. The van der Waals surface area contributed by atoms with E-state index in [9.17, 15) is 24.9 Å². The predicted molar refractivity (Wildman–Crippen MR) is 165 cm³/mol. The monoisotopic (exact) mass is 599 g/mol. The Morgan fingerprint density at radius 2 is 1.86 bits per heavy atom. The fraction of sp³-hybridized carbons (Fsp3) is 0.531. The molecule has 0 aromatic heterocycles. The fourth-order valence-corrected chi connectivity index (χ4v) is 5.16. The van der Waals surface area contributed by atoms with Crippen LogP contribution in [0.4, 0.5) is 16.2 Å². The molecular weight excluding hydrogens is 554 g/mol. The molecule has 1 heterocycles. The number of hydrogen-bond donors (Lipinski definition) is 5. The minimum Gasteiger partial charge on any atom is -0.506 e. The topological polar surface area (TPSA) is 173 Å². The Bertz CT molecular complexity index is 1280. The van der Waals surface area contributed by atoms with Crippen molar-refractivity contribution in [1.29, 1.82) is 0 Å². The molecule has 0 unspecified atom stereocenters. The van der Waals surface area contributed by atoms with Crippen LogP contribution in [0.5, 0.6) is 11.5 Å². The van der Waals surface area contributed by atoms with Crippen LogP contribution in [0.2, 0.25) is 0 Å². The van der Waals surface area contributed by atoms with Gasteiger partial charge in [-0.05, 0) is 56.9 Å². The Balaban J connectivity index is 2.10. The number of anilines is 1. The Labute approximate surface area is 253 Å². The number of primary amides is 1. The molecule has 6 N–H and O–H groups in total. The number of aliphatic imine (C=N–C) groups is 1. The van der Waals surface area contributed by atoms with Crippen LogP contribution in [0.3, 0.4) is 0 Å². The zero-order chi connectivity index (χ0) is 31.8. The predicted octanol–water partition coefficient (Wildman–Crippen LogP) is 4.67. The zero-order valence-electron chi connectivity index (χ0n) is 25.7. The molecule has 6 atom stereocenters. The van der Waals surface area contributed by atoms with Crippen LogP contribution in [0.15, 0.2) is 46.5 Å². The number of methoxy groups -OCH3 is 2. The van der Waals surface area contributed by atoms with Crippen LogP contribution in [0.25, 0.3) is 0 Å². The summed E-state index contributed by atoms with van der Waals surface area (Å²) in [5.41, 5.74) is 6.95. The van der Waals surface area contributed by atoms with Crippen LogP contribution in [-0.2, 0) is 25.4 Å². The highest BCUT2D eigenvalue weighted by molar-refractivity contribution is 6.04. The minimum atomic E-state index is -0.986. The van der Waals surface area contributed by atoms with Gasteiger partial charge in [0.25, 0.3) is 5.91 Å². The van der Waals surface area contributed by atoms with Gasteiger partial charge in [-0.2, -0.15) is 0 Å². The van der Waals surface area contributed by atoms with Gasteiger partial charge in [-0.15, -0.1) is 0 Å². The Morgan fingerprint density at radius 1 is 1.16 bits per heavy atom. The summed E-state index contributed by atoms with van der Waals surface area (Å²) in [6.07, 6.45) is 6.90. The number of rotatable bonds is 5. The number of fused-ring (bicyclic) bond motifs is 2. The summed E-state index contributed by atoms with van der Waals surface area (Å²) in [7, 11) is 2.97. The third kappa shape index (κ3) is 9.16. The number of hydrogen-bond acceptors (Lipinski definition) is 9. The molecule has 2 bridgehead atoms. The standard InChI is InChI=1S/C32H45N3O8/c1-17-12-22-27(34-16-21-10-11-21)24(36)15-23(29(22)38)35-31(39)18(2)8-7-9-25(41-5)30(43-32(33)40)20(4)14-19(3)28(37)26(13-17)42-6/h7-9,14-17,19,21,25-26,28,30,36-38H,10-13H2,1-6H3,(H2,33,40)(H,35,39)/b9-7-,18-8+,20-14?,34-16?/t17-,19+,25+,26+,28-,30+/m1/s1. The molecule has 3 rings (SSSR count). The maximum absolute atomic E-state index is 13.1. The minimum absolute atomic E-state index is 0.0474. The van der Waals surface area contributed by atoms with Crippen LogP contribution < -0.4 is 11.1 Å². The average Bonchev–Trinajstić information content (AvgIpc) is 3.78. The number of carbonyl (C=O) groups is 2. The Hall–Kier alpha value is -3.67. The first-order valence-corrected chi connectivity index (χ1v) is 14.5. The number of benzene rings is 1. The van der Waals surface area contributed by atoms with Gasteiger partial charge in [0.2, 0.25) is 0 Å². The highest BCUT2D eigenvalue weighted by Crippen LogP contribution is 2.44. The lowest BCUT2D eigenvalue weighted by Crippen LogP contribution is -2.37. The second-order valence-corrected chi connectivity index (χ2v) is 11.6. The summed E-state index contributed by atoms with van der Waals surface area (Å²) < 4.78 is 16.7. The van der Waals surface area contributed by atoms with Crippen molar-refractivity contribution in [1.82, 2.24) is 0 Å². The second-order valence-electron chi connectivity index (χ2n) is 11.6. The van der Waals surface area contributed by atoms with Crippen molar-refractivity contribution in [3.63, 3.8) is 0 Å². The first-order valence-electron chi connectivity index (χ1n) is 14.5. The molecule has 11 heteroatoms. The molecule has 1 saturated carbocycles. The van der Waals surface area contributed by atoms with Crippen molar-refractivity contribution in [2.45, 2.75) is 77.8 Å². The summed E-state index contributed by atoms with van der Waals surface area (Å²) in [4.78, 5) is 29.3. The maximum Gasteiger partial charge on any atom is 0.405 e. The van der Waals surface area contributed by atoms with E-state index in [4.69, 9.17) is 19.9 Å². The molecule has 11 nitrogen and oxygen atoms in total. The molecule has 0 saturated heterocycles. The van der Waals surface area contributed by atoms with Crippen molar-refractivity contribution in [3.05, 3.63) is 47.1 Å². The first kappa shape index (κ1) is 33.8. The molecule has 43 heavy (non-hydrogen) atoms. The number of nitrogens with zero attached hydrogens (tertiary/aromatic N) is 1. The maximum atomic E-state index is 13.1. The number of nitrogens with two attached hydrogens (primary N) is 1. The third-order valence-electron chi connectivity index (χ3n) is 7.84. The van der Waals surface area contributed by atoms with E-state index in [1.807, 2.05) is 13.8 Å². The number of nitrogens with one attached hydrogen (secondary N) is 1. The van der Waals surface area contributed by atoms with Gasteiger partial charge in [-0.3, -0.25) is 9.79 Å². The van der Waals surface area contributed by atoms with Gasteiger partial charge in [0.15, 0.2) is 6.10 Å². The van der Waals surface area contributed by atoms with Gasteiger partial charge in [-0.25, -0.2) is 4.79 Å². The fourth-order valence-electron chi connectivity index (χ4n) is 5.16. The SMILES string of the molecule is CO[C@H]1/C=C\C=C(/C)C(=O)Nc2cc(O)c(N=CC3CC3)c(c2O)C[C@@H](C)C[C@H](OC)[C@H](O)[C@@H](C)C=C(C)[C@@H]1OC(N)=O. The van der Waals surface area contributed by atoms with Gasteiger partial charge in [-0.1, -0.05) is 38.2 Å². The van der Waals surface area contributed by atoms with E-state index in [1.54, 1.807) is 44.4 Å². The molecule has 1 aliphatic carbocycles. The van der Waals surface area contributed by atoms with E-state index in [1.165, 1.54) is 20.3 Å². The summed E-state index contributed by atoms with van der Waals surface area (Å²) >= 11 is 0. The Kier molecular flexibility index (Phi) is 11.9. The number of aliphatic hydroxyl groups is 1. The van der Waals surface area contributed by atoms with E-state index in [0.29, 0.717) is 29.0 Å². The lowest BCUT2D eigenvalue weighted by Gasteiger charge is -2.29. The van der Waals surface area contributed by atoms with E-state index in [2.05, 4.69) is 10.3 Å². The van der Waals surface area contributed by atoms with Crippen LogP contribution >= 0.6 is 0 Å². The normalized spacial score (nSPS) is 29.8. The quantitative estimate of drug-likeness (QED) is 0.141. The molecule has 2 amide bonds. The summed E-state index contributed by atoms with van der Waals surface area (Å²) in [5.74, 6) is -1.07. The van der Waals surface area contributed by atoms with Crippen molar-refractivity contribution >= 4 is 29.6 Å². The molecule has 1 aliphatic heterocycles. The van der Waals surface area contributed by atoms with Crippen LogP contribution in [-0.4, -0.2) is 72.2 Å². The Morgan fingerprint density at radius 3 is 2.47 bits per heavy atom. The largest absolute Gasteiger partial charge is 0.506 e. The van der Waals surface area contributed by atoms with Gasteiger partial charge >= 0.3 is 6.09 Å². The molecule has 236 valence electrons. The van der Waals surface area contributed by atoms with Crippen molar-refractivity contribution in [3.8, 4) is 11.5 Å². The van der Waals surface area contributed by atoms with Crippen LogP contribution in [0.1, 0.15) is 52.5 Å². The molecule has 1 aromatic rings. The van der Waals surface area contributed by atoms with Crippen molar-refractivity contribution in [2.75, 3.05) is 19.5 Å². The van der Waals surface area contributed by atoms with Gasteiger partial charge in [0, 0.05) is 43.6 Å². The molecule has 2 aliphatic rings.